The van der Waals surface area contributed by atoms with Gasteiger partial charge in [-0.2, -0.15) is 13.2 Å². The van der Waals surface area contributed by atoms with Gasteiger partial charge in [0.25, 0.3) is 12.1 Å². The summed E-state index contributed by atoms with van der Waals surface area (Å²) in [4.78, 5) is 47.2. The monoisotopic (exact) mass is 636 g/mol. The molecular weight excluding hydrogens is 610 g/mol. The molecule has 43 heavy (non-hydrogen) atoms. The van der Waals surface area contributed by atoms with Gasteiger partial charge >= 0.3 is 18.1 Å². The number of piperidine rings is 1. The highest BCUT2D eigenvalue weighted by atomic mass is 35.5. The van der Waals surface area contributed by atoms with Crippen LogP contribution in [-0.4, -0.2) is 54.6 Å². The smallest absolute Gasteiger partial charge is 0.320 e. The van der Waals surface area contributed by atoms with Crippen molar-refractivity contribution in [2.75, 3.05) is 19.6 Å². The Morgan fingerprint density at radius 1 is 0.930 bits per heavy atom. The average molecular weight is 637 g/mol. The molecule has 2 unspecified atom stereocenters. The molecule has 13 heteroatoms. The summed E-state index contributed by atoms with van der Waals surface area (Å²) in [5.74, 6) is -4.20. The fourth-order valence-electron chi connectivity index (χ4n) is 5.28. The topological polar surface area (TPSA) is 84.9 Å². The van der Waals surface area contributed by atoms with Crippen LogP contribution >= 0.6 is 23.2 Å². The van der Waals surface area contributed by atoms with Gasteiger partial charge in [0.05, 0.1) is 12.6 Å². The molecule has 8 nitrogen and oxygen atoms in total. The van der Waals surface area contributed by atoms with Crippen molar-refractivity contribution in [2.24, 2.45) is 0 Å². The third-order valence-electron chi connectivity index (χ3n) is 7.32. The van der Waals surface area contributed by atoms with E-state index < -0.39 is 47.5 Å². The highest BCUT2D eigenvalue weighted by Crippen LogP contribution is 2.45. The lowest BCUT2D eigenvalue weighted by Gasteiger charge is -2.39. The summed E-state index contributed by atoms with van der Waals surface area (Å²) in [5.41, 5.74) is 0.577. The van der Waals surface area contributed by atoms with E-state index in [1.54, 1.807) is 30.3 Å². The van der Waals surface area contributed by atoms with Crippen LogP contribution in [-0.2, 0) is 25.7 Å². The van der Waals surface area contributed by atoms with E-state index in [4.69, 9.17) is 32.8 Å². The lowest BCUT2D eigenvalue weighted by atomic mass is 10.1. The predicted octanol–water partition coefficient (Wildman–Crippen LogP) is 5.97. The van der Waals surface area contributed by atoms with E-state index in [0.717, 1.165) is 4.90 Å². The zero-order chi connectivity index (χ0) is 30.8. The third kappa shape index (κ3) is 6.56. The number of ether oxygens (including phenoxy) is 1. The standard InChI is InChI=1S/C30H27Cl2F3N3O5/c31-22-8-6-19(7-9-22)27(40)37-17-21-16-23(32)10-11-25(21)38(26(39)18-37,43-29(41)30(33,34)35)28(20-4-2-1-3-5-20)42-24-12-14-36-15-13-24/h1-11,16,24,28,36H,12-15,17-18H2/q+1. The molecule has 5 rings (SSSR count). The van der Waals surface area contributed by atoms with Crippen molar-refractivity contribution in [2.45, 2.75) is 37.9 Å². The minimum Gasteiger partial charge on any atom is -0.320 e. The minimum atomic E-state index is -5.45. The average Bonchev–Trinajstić information content (AvgIpc) is 3.10. The lowest BCUT2D eigenvalue weighted by molar-refractivity contribution is -0.268. The van der Waals surface area contributed by atoms with Crippen molar-refractivity contribution in [1.82, 2.24) is 14.9 Å². The van der Waals surface area contributed by atoms with Crippen molar-refractivity contribution in [3.63, 3.8) is 0 Å². The molecule has 0 saturated carbocycles. The fraction of sp³-hybridized carbons (Fsp3) is 0.300. The molecule has 3 aromatic carbocycles. The van der Waals surface area contributed by atoms with Gasteiger partial charge in [0.1, 0.15) is 6.54 Å². The molecule has 2 aliphatic rings. The van der Waals surface area contributed by atoms with Gasteiger partial charge in [-0.1, -0.05) is 53.5 Å². The summed E-state index contributed by atoms with van der Waals surface area (Å²) in [5, 5.41) is 3.78. The van der Waals surface area contributed by atoms with Crippen molar-refractivity contribution >= 4 is 46.7 Å². The first-order valence-corrected chi connectivity index (χ1v) is 14.2. The maximum Gasteiger partial charge on any atom is 0.497 e. The lowest BCUT2D eigenvalue weighted by Crippen LogP contribution is -2.62. The van der Waals surface area contributed by atoms with Gasteiger partial charge in [-0.25, -0.2) is 14.4 Å². The minimum absolute atomic E-state index is 0.110. The largest absolute Gasteiger partial charge is 0.497 e. The van der Waals surface area contributed by atoms with Gasteiger partial charge in [-0.15, -0.1) is 0 Å². The Hall–Kier alpha value is -3.48. The Balaban J connectivity index is 1.71. The zero-order valence-corrected chi connectivity index (χ0v) is 24.2. The van der Waals surface area contributed by atoms with Crippen molar-refractivity contribution in [3.05, 3.63) is 99.5 Å². The Morgan fingerprint density at radius 2 is 1.58 bits per heavy atom. The quantitative estimate of drug-likeness (QED) is 0.336. The van der Waals surface area contributed by atoms with Gasteiger partial charge in [0, 0.05) is 32.8 Å². The maximum atomic E-state index is 14.5. The second kappa shape index (κ2) is 12.6. The van der Waals surface area contributed by atoms with E-state index >= 15 is 0 Å². The third-order valence-corrected chi connectivity index (χ3v) is 7.80. The van der Waals surface area contributed by atoms with Crippen LogP contribution < -0.4 is 9.96 Å². The van der Waals surface area contributed by atoms with E-state index in [-0.39, 0.29) is 28.4 Å². The number of hydrogen-bond donors (Lipinski definition) is 1. The summed E-state index contributed by atoms with van der Waals surface area (Å²) < 4.78 is 46.5. The van der Waals surface area contributed by atoms with Gasteiger partial charge in [0.15, 0.2) is 5.69 Å². The van der Waals surface area contributed by atoms with Crippen molar-refractivity contribution in [1.29, 1.82) is 0 Å². The van der Waals surface area contributed by atoms with E-state index in [2.05, 4.69) is 5.32 Å². The summed E-state index contributed by atoms with van der Waals surface area (Å²) in [7, 11) is 0. The highest BCUT2D eigenvalue weighted by Gasteiger charge is 2.60. The van der Waals surface area contributed by atoms with Crippen LogP contribution in [0.3, 0.4) is 0 Å². The van der Waals surface area contributed by atoms with Gasteiger partial charge in [0.2, 0.25) is 0 Å². The molecule has 0 radical (unpaired) electrons. The number of alkyl halides is 3. The van der Waals surface area contributed by atoms with Crippen molar-refractivity contribution in [3.8, 4) is 0 Å². The Labute approximate surface area is 255 Å². The van der Waals surface area contributed by atoms with Crippen LogP contribution in [0.25, 0.3) is 0 Å². The van der Waals surface area contributed by atoms with E-state index in [9.17, 15) is 27.6 Å². The van der Waals surface area contributed by atoms with E-state index in [1.165, 1.54) is 42.5 Å². The van der Waals surface area contributed by atoms with E-state index in [1.807, 2.05) is 0 Å². The number of quaternary nitrogens is 1. The van der Waals surface area contributed by atoms with Gasteiger partial charge in [-0.05, 0) is 67.0 Å². The molecule has 2 atom stereocenters. The number of benzene rings is 3. The highest BCUT2D eigenvalue weighted by molar-refractivity contribution is 6.31. The van der Waals surface area contributed by atoms with Crippen LogP contribution in [0.1, 0.15) is 40.6 Å². The Kier molecular flexibility index (Phi) is 9.10. The number of halogens is 5. The molecule has 226 valence electrons. The summed E-state index contributed by atoms with van der Waals surface area (Å²) in [6, 6.07) is 18.2. The molecule has 1 saturated heterocycles. The zero-order valence-electron chi connectivity index (χ0n) is 22.7. The number of carbonyl (C=O) groups excluding carboxylic acids is 3. The van der Waals surface area contributed by atoms with Crippen LogP contribution in [0, 0.1) is 0 Å². The van der Waals surface area contributed by atoms with Crippen molar-refractivity contribution < 1.29 is 37.1 Å². The molecule has 0 bridgehead atoms. The van der Waals surface area contributed by atoms with Crippen LogP contribution in [0.4, 0.5) is 18.9 Å². The molecule has 0 aromatic heterocycles. The number of hydrogen-bond acceptors (Lipinski definition) is 6. The number of carbonyl (C=O) groups is 3. The number of rotatable bonds is 6. The SMILES string of the molecule is O=C(c1ccc(Cl)cc1)N1CC(=O)[N+](OC(=O)C(F)(F)F)(C(OC2CCNCC2)c2ccccc2)c2ccc(Cl)cc2C1. The predicted molar refractivity (Wildman–Crippen MR) is 153 cm³/mol. The molecule has 1 fully saturated rings. The number of nitrogens with zero attached hydrogens (tertiary/aromatic N) is 2. The van der Waals surface area contributed by atoms with Crippen LogP contribution in [0.5, 0.6) is 0 Å². The molecule has 0 aliphatic carbocycles. The summed E-state index contributed by atoms with van der Waals surface area (Å²) in [6.45, 7) is 0.232. The molecule has 2 amide bonds. The Morgan fingerprint density at radius 3 is 2.23 bits per heavy atom. The maximum absolute atomic E-state index is 14.5. The number of nitrogens with one attached hydrogen (secondary N) is 1. The normalized spacial score (nSPS) is 20.2. The van der Waals surface area contributed by atoms with Crippen LogP contribution in [0.15, 0.2) is 72.8 Å². The first kappa shape index (κ1) is 31.0. The molecular formula is C30H27Cl2F3N3O5+. The molecule has 1 N–H and O–H groups in total. The second-order valence-electron chi connectivity index (χ2n) is 10.2. The first-order chi connectivity index (χ1) is 20.5. The molecule has 3 aromatic rings. The molecule has 0 spiro atoms. The summed E-state index contributed by atoms with van der Waals surface area (Å²) in [6.07, 6.45) is -6.48. The number of amides is 2. The number of fused-ring (bicyclic) bond motifs is 1. The Bertz CT molecular complexity index is 1500. The van der Waals surface area contributed by atoms with Crippen LogP contribution in [0.2, 0.25) is 10.0 Å². The van der Waals surface area contributed by atoms with E-state index in [0.29, 0.717) is 36.5 Å². The second-order valence-corrected chi connectivity index (χ2v) is 11.1. The molecule has 2 heterocycles. The summed E-state index contributed by atoms with van der Waals surface area (Å²) >= 11 is 12.3. The van der Waals surface area contributed by atoms with Gasteiger partial charge in [-0.3, -0.25) is 4.79 Å². The molecule has 2 aliphatic heterocycles. The first-order valence-electron chi connectivity index (χ1n) is 13.5. The van der Waals surface area contributed by atoms with Gasteiger partial charge < -0.3 is 15.0 Å². The fourth-order valence-corrected chi connectivity index (χ4v) is 5.60. The number of hydroxylamine groups is 2.